The van der Waals surface area contributed by atoms with Crippen LogP contribution in [0, 0.1) is 0 Å². The Kier molecular flexibility index (Phi) is 4.17. The number of benzene rings is 7. The minimum absolute atomic E-state index is 0.00294. The Morgan fingerprint density at radius 1 is 0.596 bits per heavy atom. The summed E-state index contributed by atoms with van der Waals surface area (Å²) in [4.78, 5) is 9.19. The Labute approximate surface area is 318 Å². The highest BCUT2D eigenvalue weighted by molar-refractivity contribution is 7.27. The van der Waals surface area contributed by atoms with E-state index in [4.69, 9.17) is 16.8 Å². The zero-order valence-electron chi connectivity index (χ0n) is 36.7. The Hall–Kier alpha value is -6.34. The van der Waals surface area contributed by atoms with Crippen molar-refractivity contribution in [2.45, 2.75) is 0 Å². The first-order valence-corrected chi connectivity index (χ1v) is 18.1. The normalized spacial score (nSPS) is 14.9. The molecule has 0 saturated heterocycles. The maximum absolute atomic E-state index is 9.61. The molecular formula is C46H25N3OS2. The topological polar surface area (TPSA) is 43.9 Å². The van der Waals surface area contributed by atoms with E-state index < -0.39 is 30.2 Å². The third kappa shape index (κ3) is 3.90. The number of nitrogens with zero attached hydrogens (tertiary/aromatic N) is 3. The van der Waals surface area contributed by atoms with E-state index >= 15 is 0 Å². The van der Waals surface area contributed by atoms with E-state index in [1.54, 1.807) is 11.3 Å². The summed E-state index contributed by atoms with van der Waals surface area (Å²) in [5.41, 5.74) is 4.07. The molecule has 0 radical (unpaired) electrons. The van der Waals surface area contributed by atoms with E-state index in [-0.39, 0.29) is 78.4 Å². The zero-order chi connectivity index (χ0) is 42.6. The Morgan fingerprint density at radius 3 is 2.42 bits per heavy atom. The number of rotatable bonds is 3. The van der Waals surface area contributed by atoms with Gasteiger partial charge in [0.05, 0.1) is 24.7 Å². The quantitative estimate of drug-likeness (QED) is 0.183. The summed E-state index contributed by atoms with van der Waals surface area (Å²) in [7, 11) is 0. The van der Waals surface area contributed by atoms with Crippen molar-refractivity contribution in [1.29, 1.82) is 0 Å². The molecule has 0 spiro atoms. The van der Waals surface area contributed by atoms with Gasteiger partial charge < -0.3 is 8.98 Å². The van der Waals surface area contributed by atoms with Gasteiger partial charge in [0.1, 0.15) is 23.1 Å². The fraction of sp³-hybridized carbons (Fsp3) is 0. The van der Waals surface area contributed by atoms with Crippen molar-refractivity contribution in [2.24, 2.45) is 0 Å². The summed E-state index contributed by atoms with van der Waals surface area (Å²) < 4.78 is 99.7. The molecule has 0 aliphatic heterocycles. The van der Waals surface area contributed by atoms with Gasteiger partial charge in [-0.05, 0) is 59.6 Å². The first-order valence-electron chi connectivity index (χ1n) is 21.5. The number of aromatic nitrogens is 3. The van der Waals surface area contributed by atoms with Gasteiger partial charge in [-0.15, -0.1) is 22.7 Å². The Bertz CT molecular complexity index is 4020. The highest BCUT2D eigenvalue weighted by Gasteiger charge is 2.20. The monoisotopic (exact) mass is 709 g/mol. The molecule has 4 nitrogen and oxygen atoms in total. The molecule has 0 unspecified atom stereocenters. The fourth-order valence-electron chi connectivity index (χ4n) is 7.54. The molecule has 0 amide bonds. The average molecular weight is 710 g/mol. The van der Waals surface area contributed by atoms with E-state index in [1.807, 2.05) is 24.3 Å². The van der Waals surface area contributed by atoms with Crippen molar-refractivity contribution in [3.8, 4) is 28.1 Å². The first kappa shape index (κ1) is 20.5. The Morgan fingerprint density at radius 2 is 1.44 bits per heavy atom. The smallest absolute Gasteiger partial charge is 0.180 e. The number of hydrogen-bond donors (Lipinski definition) is 0. The molecule has 0 aliphatic carbocycles. The van der Waals surface area contributed by atoms with Crippen LogP contribution >= 0.6 is 22.7 Å². The second-order valence-electron chi connectivity index (χ2n) is 12.5. The van der Waals surface area contributed by atoms with Crippen LogP contribution in [0.5, 0.6) is 0 Å². The SMILES string of the molecule is [2H]c1cc([2H])c(-c2c([2H])c([2H])c([2H])c3c2sc2c([2H])c([2H])c([2H])c([2H])c23)c([2H])c1-c1ncnc2c1oc1ccc(-n3c4ccccc4c4c5sc6ccccc6c5ccc43)cc12. The summed E-state index contributed by atoms with van der Waals surface area (Å²) in [6.45, 7) is 0. The molecule has 6 heteroatoms. The predicted molar refractivity (Wildman–Crippen MR) is 220 cm³/mol. The second-order valence-corrected chi connectivity index (χ2v) is 14.6. The number of furan rings is 1. The van der Waals surface area contributed by atoms with Crippen LogP contribution in [0.2, 0.25) is 0 Å². The lowest BCUT2D eigenvalue weighted by molar-refractivity contribution is 0.667. The molecular weight excluding hydrogens is 675 g/mol. The molecule has 0 fully saturated rings. The zero-order valence-corrected chi connectivity index (χ0v) is 28.4. The van der Waals surface area contributed by atoms with Crippen molar-refractivity contribution < 1.29 is 18.1 Å². The highest BCUT2D eigenvalue weighted by atomic mass is 32.1. The van der Waals surface area contributed by atoms with Crippen LogP contribution < -0.4 is 0 Å². The van der Waals surface area contributed by atoms with Gasteiger partial charge in [-0.1, -0.05) is 96.9 Å². The van der Waals surface area contributed by atoms with Crippen LogP contribution in [-0.4, -0.2) is 14.5 Å². The third-order valence-corrected chi connectivity index (χ3v) is 12.1. The highest BCUT2D eigenvalue weighted by Crippen LogP contribution is 2.45. The molecule has 12 rings (SSSR count). The first-order chi connectivity index (χ1) is 29.9. The van der Waals surface area contributed by atoms with Crippen molar-refractivity contribution >= 4 is 107 Å². The van der Waals surface area contributed by atoms with Crippen molar-refractivity contribution in [3.63, 3.8) is 0 Å². The third-order valence-electron chi connectivity index (χ3n) is 9.78. The van der Waals surface area contributed by atoms with E-state index in [9.17, 15) is 1.37 Å². The van der Waals surface area contributed by atoms with Gasteiger partial charge in [-0.25, -0.2) is 9.97 Å². The number of fused-ring (bicyclic) bond motifs is 13. The molecule has 7 aromatic carbocycles. The van der Waals surface area contributed by atoms with Crippen LogP contribution in [0.15, 0.2) is 156 Å². The van der Waals surface area contributed by atoms with Gasteiger partial charge in [-0.2, -0.15) is 0 Å². The van der Waals surface area contributed by atoms with Gasteiger partial charge in [0.2, 0.25) is 0 Å². The minimum Gasteiger partial charge on any atom is -0.452 e. The molecule has 52 heavy (non-hydrogen) atoms. The van der Waals surface area contributed by atoms with Crippen molar-refractivity contribution in [1.82, 2.24) is 14.5 Å². The predicted octanol–water partition coefficient (Wildman–Crippen LogP) is 13.5. The lowest BCUT2D eigenvalue weighted by atomic mass is 9.99. The second kappa shape index (κ2) is 10.6. The average Bonchev–Trinajstić information content (AvgIpc) is 4.04. The minimum atomic E-state index is -0.524. The van der Waals surface area contributed by atoms with E-state index in [2.05, 4.69) is 69.1 Å². The van der Waals surface area contributed by atoms with Gasteiger partial charge in [0.15, 0.2) is 5.58 Å². The van der Waals surface area contributed by atoms with Gasteiger partial charge >= 0.3 is 0 Å². The van der Waals surface area contributed by atoms with E-state index in [0.29, 0.717) is 16.5 Å². The summed E-state index contributed by atoms with van der Waals surface area (Å²) in [6, 6.07) is 24.4. The van der Waals surface area contributed by atoms with Crippen molar-refractivity contribution in [3.05, 3.63) is 152 Å². The van der Waals surface area contributed by atoms with Crippen LogP contribution in [-0.2, 0) is 0 Å². The molecule has 0 N–H and O–H groups in total. The standard InChI is InChI=1S/C46H25N3OS2/c1-4-16-36-34(13-1)41-37(21-20-33-31-12-3-6-18-40(31)52-46(33)41)49(36)28-19-22-38-35(24-28)43-44(50-38)42(47-25-48-43)27-10-7-9-26(23-27)29-14-8-15-32-30-11-2-5-17-39(30)51-45(29)32/h1-25H/i2D,5D,8D,9D,10D,11D,14D,15D,17D,23D. The van der Waals surface area contributed by atoms with E-state index in [0.717, 1.165) is 33.4 Å². The van der Waals surface area contributed by atoms with E-state index in [1.165, 1.54) is 38.0 Å². The molecule has 0 bridgehead atoms. The van der Waals surface area contributed by atoms with Gasteiger partial charge in [0.25, 0.3) is 0 Å². The Balaban J connectivity index is 1.08. The van der Waals surface area contributed by atoms with Crippen LogP contribution in [0.1, 0.15) is 13.7 Å². The molecule has 5 aromatic heterocycles. The summed E-state index contributed by atoms with van der Waals surface area (Å²) in [6.07, 6.45) is 1.34. The molecule has 5 heterocycles. The van der Waals surface area contributed by atoms with Gasteiger partial charge in [-0.3, -0.25) is 0 Å². The largest absolute Gasteiger partial charge is 0.452 e. The maximum Gasteiger partial charge on any atom is 0.180 e. The number of para-hydroxylation sites is 1. The lowest BCUT2D eigenvalue weighted by Crippen LogP contribution is -1.93. The summed E-state index contributed by atoms with van der Waals surface area (Å²) in [5.74, 6) is 0. The molecule has 242 valence electrons. The summed E-state index contributed by atoms with van der Waals surface area (Å²) >= 11 is 2.71. The van der Waals surface area contributed by atoms with Crippen LogP contribution in [0.4, 0.5) is 0 Å². The van der Waals surface area contributed by atoms with Crippen LogP contribution in [0.25, 0.3) is 112 Å². The molecule has 12 aromatic rings. The maximum atomic E-state index is 9.61. The summed E-state index contributed by atoms with van der Waals surface area (Å²) in [5, 5.41) is 5.49. The molecule has 0 atom stereocenters. The number of hydrogen-bond acceptors (Lipinski definition) is 5. The van der Waals surface area contributed by atoms with Crippen LogP contribution in [0.3, 0.4) is 0 Å². The molecule has 0 aliphatic rings. The van der Waals surface area contributed by atoms with Crippen molar-refractivity contribution in [2.75, 3.05) is 0 Å². The number of thiophene rings is 2. The lowest BCUT2D eigenvalue weighted by Gasteiger charge is -2.08. The van der Waals surface area contributed by atoms with Gasteiger partial charge in [0, 0.05) is 67.8 Å². The fourth-order valence-corrected chi connectivity index (χ4v) is 9.87. The molecule has 0 saturated carbocycles.